The van der Waals surface area contributed by atoms with Crippen molar-refractivity contribution < 1.29 is 9.53 Å². The topological polar surface area (TPSA) is 92.8 Å². The molecule has 0 bridgehead atoms. The third-order valence-electron chi connectivity index (χ3n) is 2.36. The van der Waals surface area contributed by atoms with Crippen molar-refractivity contribution in [3.8, 4) is 5.75 Å². The number of hydrogen-bond acceptors (Lipinski definition) is 5. The maximum atomic E-state index is 11.7. The molecule has 1 aromatic heterocycles. The molecule has 1 rings (SSSR count). The summed E-state index contributed by atoms with van der Waals surface area (Å²) in [6, 6.07) is 3.30. The van der Waals surface area contributed by atoms with Gasteiger partial charge in [-0.2, -0.15) is 5.10 Å². The third-order valence-corrected chi connectivity index (χ3v) is 2.45. The molecule has 0 fully saturated rings. The summed E-state index contributed by atoms with van der Waals surface area (Å²) in [5.41, 5.74) is 8.21. The van der Waals surface area contributed by atoms with Crippen LogP contribution in [0.15, 0.2) is 23.4 Å². The largest absolute Gasteiger partial charge is 0.415 e. The van der Waals surface area contributed by atoms with Crippen molar-refractivity contribution in [2.45, 2.75) is 13.8 Å². The third kappa shape index (κ3) is 5.19. The molecule has 0 aliphatic heterocycles. The van der Waals surface area contributed by atoms with E-state index in [1.165, 1.54) is 12.4 Å². The number of pyridine rings is 1. The second-order valence-electron chi connectivity index (χ2n) is 3.69. The van der Waals surface area contributed by atoms with Gasteiger partial charge < -0.3 is 15.4 Å². The minimum absolute atomic E-state index is 0.0750. The number of aromatic nitrogens is 1. The van der Waals surface area contributed by atoms with Crippen molar-refractivity contribution in [1.82, 2.24) is 15.3 Å². The molecule has 0 unspecified atom stereocenters. The molecule has 1 aromatic rings. The lowest BCUT2D eigenvalue weighted by molar-refractivity contribution is 0.157. The van der Waals surface area contributed by atoms with E-state index in [1.54, 1.807) is 17.0 Å². The Labute approximate surface area is 122 Å². The molecule has 0 atom stereocenters. The molecule has 0 saturated carbocycles. The van der Waals surface area contributed by atoms with E-state index in [1.807, 2.05) is 13.8 Å². The Hall–Kier alpha value is -2.22. The van der Waals surface area contributed by atoms with E-state index in [4.69, 9.17) is 10.5 Å². The van der Waals surface area contributed by atoms with Gasteiger partial charge in [0, 0.05) is 13.1 Å². The van der Waals surface area contributed by atoms with Crippen LogP contribution in [0.4, 0.5) is 4.79 Å². The van der Waals surface area contributed by atoms with Gasteiger partial charge in [0.05, 0.1) is 18.1 Å². The van der Waals surface area contributed by atoms with E-state index in [2.05, 4.69) is 27.7 Å². The quantitative estimate of drug-likeness (QED) is 0.480. The van der Waals surface area contributed by atoms with Gasteiger partial charge in [-0.1, -0.05) is 0 Å². The maximum absolute atomic E-state index is 11.7. The van der Waals surface area contributed by atoms with Crippen molar-refractivity contribution in [3.05, 3.63) is 24.0 Å². The van der Waals surface area contributed by atoms with Gasteiger partial charge in [0.25, 0.3) is 0 Å². The standard InChI is InChI=1S/C12H17N5O2S/c1-3-17(4-2)12(18)19-10-6-5-9(14-8-10)7-15-16-11(13)20/h5-8H,3-4H2,1-2H3,(H3,13,16,20). The van der Waals surface area contributed by atoms with Crippen molar-refractivity contribution >= 4 is 29.6 Å². The summed E-state index contributed by atoms with van der Waals surface area (Å²) < 4.78 is 5.18. The van der Waals surface area contributed by atoms with Crippen molar-refractivity contribution in [2.75, 3.05) is 13.1 Å². The lowest BCUT2D eigenvalue weighted by atomic mass is 10.3. The Morgan fingerprint density at radius 2 is 2.25 bits per heavy atom. The molecule has 108 valence electrons. The van der Waals surface area contributed by atoms with Crippen LogP contribution in [0.1, 0.15) is 19.5 Å². The van der Waals surface area contributed by atoms with E-state index in [-0.39, 0.29) is 5.11 Å². The van der Waals surface area contributed by atoms with Gasteiger partial charge in [-0.3, -0.25) is 10.4 Å². The highest BCUT2D eigenvalue weighted by molar-refractivity contribution is 7.80. The number of rotatable bonds is 5. The zero-order valence-corrected chi connectivity index (χ0v) is 12.2. The average molecular weight is 295 g/mol. The molecule has 0 aliphatic rings. The number of hydrazone groups is 1. The van der Waals surface area contributed by atoms with Gasteiger partial charge >= 0.3 is 6.09 Å². The number of amides is 1. The summed E-state index contributed by atoms with van der Waals surface area (Å²) in [6.45, 7) is 4.96. The Kier molecular flexibility index (Phi) is 6.38. The average Bonchev–Trinajstić information content (AvgIpc) is 2.42. The first kappa shape index (κ1) is 15.8. The van der Waals surface area contributed by atoms with Gasteiger partial charge in [0.15, 0.2) is 10.9 Å². The molecule has 1 amide bonds. The zero-order valence-electron chi connectivity index (χ0n) is 11.4. The smallest absolute Gasteiger partial charge is 0.409 e. The highest BCUT2D eigenvalue weighted by atomic mass is 32.1. The molecule has 1 heterocycles. The highest BCUT2D eigenvalue weighted by Crippen LogP contribution is 2.10. The maximum Gasteiger partial charge on any atom is 0.415 e. The first-order valence-electron chi connectivity index (χ1n) is 6.08. The molecule has 20 heavy (non-hydrogen) atoms. The van der Waals surface area contributed by atoms with Crippen LogP contribution >= 0.6 is 12.2 Å². The Balaban J connectivity index is 2.60. The summed E-state index contributed by atoms with van der Waals surface area (Å²) in [7, 11) is 0. The van der Waals surface area contributed by atoms with E-state index >= 15 is 0 Å². The van der Waals surface area contributed by atoms with Crippen LogP contribution in [-0.2, 0) is 0 Å². The first-order chi connectivity index (χ1) is 9.56. The molecule has 0 spiro atoms. The van der Waals surface area contributed by atoms with Crippen LogP contribution < -0.4 is 15.9 Å². The molecule has 0 aromatic carbocycles. The van der Waals surface area contributed by atoms with Crippen molar-refractivity contribution in [1.29, 1.82) is 0 Å². The number of nitrogens with one attached hydrogen (secondary N) is 1. The summed E-state index contributed by atoms with van der Waals surface area (Å²) in [4.78, 5) is 17.4. The van der Waals surface area contributed by atoms with Crippen LogP contribution in [0.3, 0.4) is 0 Å². The fraction of sp³-hybridized carbons (Fsp3) is 0.333. The van der Waals surface area contributed by atoms with Crippen molar-refractivity contribution in [2.24, 2.45) is 10.8 Å². The van der Waals surface area contributed by atoms with Crippen molar-refractivity contribution in [3.63, 3.8) is 0 Å². The van der Waals surface area contributed by atoms with Crippen LogP contribution in [0.2, 0.25) is 0 Å². The number of carbonyl (C=O) groups is 1. The number of nitrogens with zero attached hydrogens (tertiary/aromatic N) is 3. The minimum Gasteiger partial charge on any atom is -0.409 e. The molecular weight excluding hydrogens is 278 g/mol. The van der Waals surface area contributed by atoms with Gasteiger partial charge in [0.2, 0.25) is 0 Å². The number of hydrogen-bond donors (Lipinski definition) is 2. The highest BCUT2D eigenvalue weighted by Gasteiger charge is 2.11. The Bertz CT molecular complexity index is 485. The lowest BCUT2D eigenvalue weighted by Crippen LogP contribution is -2.33. The SMILES string of the molecule is CCN(CC)C(=O)Oc1ccc(C=NNC(N)=S)nc1. The predicted molar refractivity (Wildman–Crippen MR) is 80.7 cm³/mol. The fourth-order valence-corrected chi connectivity index (χ4v) is 1.39. The van der Waals surface area contributed by atoms with E-state index in [9.17, 15) is 4.79 Å². The second-order valence-corrected chi connectivity index (χ2v) is 4.13. The van der Waals surface area contributed by atoms with Crippen LogP contribution in [0.25, 0.3) is 0 Å². The Morgan fingerprint density at radius 3 is 2.75 bits per heavy atom. The number of nitrogens with two attached hydrogens (primary N) is 1. The van der Waals surface area contributed by atoms with E-state index < -0.39 is 6.09 Å². The van der Waals surface area contributed by atoms with Gasteiger partial charge in [-0.05, 0) is 38.2 Å². The molecular formula is C12H17N5O2S. The Morgan fingerprint density at radius 1 is 1.55 bits per heavy atom. The minimum atomic E-state index is -0.395. The predicted octanol–water partition coefficient (Wildman–Crippen LogP) is 1.09. The van der Waals surface area contributed by atoms with E-state index in [0.29, 0.717) is 24.5 Å². The molecule has 8 heteroatoms. The molecule has 0 saturated heterocycles. The van der Waals surface area contributed by atoms with Gasteiger partial charge in [-0.15, -0.1) is 0 Å². The summed E-state index contributed by atoms with van der Waals surface area (Å²) >= 11 is 4.60. The number of carbonyl (C=O) groups excluding carboxylic acids is 1. The summed E-state index contributed by atoms with van der Waals surface area (Å²) in [5, 5.41) is 3.84. The fourth-order valence-electron chi connectivity index (χ4n) is 1.34. The summed E-state index contributed by atoms with van der Waals surface area (Å²) in [5.74, 6) is 0.376. The van der Waals surface area contributed by atoms with E-state index in [0.717, 1.165) is 0 Å². The number of thiocarbonyl (C=S) groups is 1. The number of ether oxygens (including phenoxy) is 1. The van der Waals surface area contributed by atoms with Gasteiger partial charge in [0.1, 0.15) is 0 Å². The lowest BCUT2D eigenvalue weighted by Gasteiger charge is -2.17. The van der Waals surface area contributed by atoms with Crippen LogP contribution in [0.5, 0.6) is 5.75 Å². The molecule has 3 N–H and O–H groups in total. The monoisotopic (exact) mass is 295 g/mol. The molecule has 7 nitrogen and oxygen atoms in total. The van der Waals surface area contributed by atoms with Gasteiger partial charge in [-0.25, -0.2) is 4.79 Å². The second kappa shape index (κ2) is 8.05. The van der Waals surface area contributed by atoms with Crippen LogP contribution in [-0.4, -0.2) is 40.4 Å². The molecule has 0 radical (unpaired) electrons. The normalized spacial score (nSPS) is 10.3. The molecule has 0 aliphatic carbocycles. The van der Waals surface area contributed by atoms with Crippen LogP contribution in [0, 0.1) is 0 Å². The first-order valence-corrected chi connectivity index (χ1v) is 6.49. The summed E-state index contributed by atoms with van der Waals surface area (Å²) in [6.07, 6.45) is 2.51. The zero-order chi connectivity index (χ0) is 15.0.